The fourth-order valence-electron chi connectivity index (χ4n) is 4.62. The Labute approximate surface area is 205 Å². The Kier molecular flexibility index (Phi) is 6.49. The number of hydrogen-bond acceptors (Lipinski definition) is 7. The fourth-order valence-corrected chi connectivity index (χ4v) is 4.86. The molecule has 0 amide bonds. The lowest BCUT2D eigenvalue weighted by Crippen LogP contribution is -2.41. The molecular weight excluding hydrogens is 483 g/mol. The Bertz CT molecular complexity index is 1200. The van der Waals surface area contributed by atoms with Crippen LogP contribution in [0.5, 0.6) is 0 Å². The quantitative estimate of drug-likeness (QED) is 0.438. The van der Waals surface area contributed by atoms with Gasteiger partial charge >= 0.3 is 6.18 Å². The summed E-state index contributed by atoms with van der Waals surface area (Å²) in [6.07, 6.45) is 0.491. The van der Waals surface area contributed by atoms with Crippen molar-refractivity contribution in [2.75, 3.05) is 36.9 Å². The van der Waals surface area contributed by atoms with E-state index in [-0.39, 0.29) is 22.3 Å². The van der Waals surface area contributed by atoms with Gasteiger partial charge in [-0.05, 0) is 63.9 Å². The highest BCUT2D eigenvalue weighted by Crippen LogP contribution is 2.36. The van der Waals surface area contributed by atoms with E-state index in [9.17, 15) is 13.2 Å². The van der Waals surface area contributed by atoms with Gasteiger partial charge in [0.2, 0.25) is 11.9 Å². The number of anilines is 3. The third kappa shape index (κ3) is 5.31. The number of nitrogens with zero attached hydrogens (tertiary/aromatic N) is 4. The molecule has 3 N–H and O–H groups in total. The third-order valence-corrected chi connectivity index (χ3v) is 6.82. The lowest BCUT2D eigenvalue weighted by molar-refractivity contribution is -0.137. The summed E-state index contributed by atoms with van der Waals surface area (Å²) in [6, 6.07) is 3.46. The van der Waals surface area contributed by atoms with Crippen LogP contribution in [0.2, 0.25) is 5.02 Å². The maximum absolute atomic E-state index is 13.3. The second-order valence-corrected chi connectivity index (χ2v) is 9.77. The van der Waals surface area contributed by atoms with Crippen molar-refractivity contribution in [1.29, 1.82) is 0 Å². The number of benzene rings is 1. The zero-order valence-corrected chi connectivity index (χ0v) is 20.0. The van der Waals surface area contributed by atoms with Crippen LogP contribution in [0.1, 0.15) is 44.2 Å². The molecule has 0 radical (unpaired) electrons. The Morgan fingerprint density at radius 1 is 1.14 bits per heavy atom. The van der Waals surface area contributed by atoms with Gasteiger partial charge in [-0.1, -0.05) is 11.6 Å². The summed E-state index contributed by atoms with van der Waals surface area (Å²) in [7, 11) is 0. The van der Waals surface area contributed by atoms with Gasteiger partial charge < -0.3 is 20.7 Å². The monoisotopic (exact) mass is 509 g/mol. The van der Waals surface area contributed by atoms with Gasteiger partial charge in [-0.25, -0.2) is 9.97 Å². The third-order valence-electron chi connectivity index (χ3n) is 6.60. The molecule has 2 aromatic heterocycles. The van der Waals surface area contributed by atoms with Crippen LogP contribution in [0, 0.1) is 0 Å². The predicted octanol–water partition coefficient (Wildman–Crippen LogP) is 5.15. The lowest BCUT2D eigenvalue weighted by atomic mass is 9.93. The van der Waals surface area contributed by atoms with Crippen molar-refractivity contribution >= 4 is 40.3 Å². The topological polar surface area (TPSA) is 88.9 Å². The van der Waals surface area contributed by atoms with Crippen LogP contribution in [0.3, 0.4) is 0 Å². The molecule has 0 saturated carbocycles. The average Bonchev–Trinajstić information content (AvgIpc) is 3.16. The van der Waals surface area contributed by atoms with Crippen molar-refractivity contribution in [3.8, 4) is 0 Å². The van der Waals surface area contributed by atoms with Gasteiger partial charge in [0.1, 0.15) is 5.52 Å². The van der Waals surface area contributed by atoms with E-state index < -0.39 is 11.7 Å². The Morgan fingerprint density at radius 2 is 1.89 bits per heavy atom. The number of nitrogens with one attached hydrogen (secondary N) is 3. The summed E-state index contributed by atoms with van der Waals surface area (Å²) in [5.41, 5.74) is 0.392. The van der Waals surface area contributed by atoms with Crippen molar-refractivity contribution in [3.05, 3.63) is 35.0 Å². The van der Waals surface area contributed by atoms with Gasteiger partial charge in [-0.2, -0.15) is 18.2 Å². The number of imidazole rings is 1. The van der Waals surface area contributed by atoms with Gasteiger partial charge in [-0.3, -0.25) is 4.57 Å². The maximum atomic E-state index is 13.3. The summed E-state index contributed by atoms with van der Waals surface area (Å²) in [5, 5.41) is 9.85. The van der Waals surface area contributed by atoms with Crippen LogP contribution in [-0.2, 0) is 10.9 Å². The number of piperidine rings is 1. The number of aromatic nitrogens is 4. The highest BCUT2D eigenvalue weighted by atomic mass is 35.5. The van der Waals surface area contributed by atoms with E-state index in [4.69, 9.17) is 21.3 Å². The first-order chi connectivity index (χ1) is 16.7. The van der Waals surface area contributed by atoms with Gasteiger partial charge in [0.15, 0.2) is 5.65 Å². The van der Waals surface area contributed by atoms with Crippen molar-refractivity contribution in [3.63, 3.8) is 0 Å². The van der Waals surface area contributed by atoms with Gasteiger partial charge in [0.05, 0.1) is 11.8 Å². The minimum Gasteiger partial charge on any atom is -0.381 e. The molecule has 0 atom stereocenters. The normalized spacial score (nSPS) is 19.1. The molecule has 35 heavy (non-hydrogen) atoms. The number of alkyl halides is 3. The lowest BCUT2D eigenvalue weighted by Gasteiger charge is -2.34. The molecule has 2 aliphatic rings. The first-order valence-corrected chi connectivity index (χ1v) is 12.0. The summed E-state index contributed by atoms with van der Waals surface area (Å²) in [5.74, 6) is 0.900. The van der Waals surface area contributed by atoms with Gasteiger partial charge in [-0.15, -0.1) is 0 Å². The van der Waals surface area contributed by atoms with Crippen molar-refractivity contribution < 1.29 is 17.9 Å². The van der Waals surface area contributed by atoms with E-state index in [0.717, 1.165) is 50.9 Å². The number of fused-ring (bicyclic) bond motifs is 1. The Balaban J connectivity index is 1.54. The zero-order valence-electron chi connectivity index (χ0n) is 19.3. The number of hydrogen-bond donors (Lipinski definition) is 3. The van der Waals surface area contributed by atoms with Crippen molar-refractivity contribution in [1.82, 2.24) is 24.8 Å². The number of halogens is 4. The van der Waals surface area contributed by atoms with Gasteiger partial charge in [0.25, 0.3) is 0 Å². The zero-order chi connectivity index (χ0) is 24.6. The molecule has 2 saturated heterocycles. The summed E-state index contributed by atoms with van der Waals surface area (Å²) in [6.45, 7) is 5.12. The van der Waals surface area contributed by atoms with E-state index in [1.165, 1.54) is 6.07 Å². The highest BCUT2D eigenvalue weighted by molar-refractivity contribution is 6.31. The molecule has 0 aliphatic carbocycles. The second kappa shape index (κ2) is 9.44. The largest absolute Gasteiger partial charge is 0.416 e. The van der Waals surface area contributed by atoms with Crippen LogP contribution in [0.25, 0.3) is 11.2 Å². The van der Waals surface area contributed by atoms with Crippen molar-refractivity contribution in [2.45, 2.75) is 50.4 Å². The van der Waals surface area contributed by atoms with Crippen LogP contribution in [-0.4, -0.2) is 51.4 Å². The number of rotatable bonds is 5. The maximum Gasteiger partial charge on any atom is 0.416 e. The molecule has 2 aliphatic heterocycles. The molecule has 8 nitrogen and oxygen atoms in total. The molecular formula is C23H27ClF3N7O. The van der Waals surface area contributed by atoms with E-state index >= 15 is 0 Å². The summed E-state index contributed by atoms with van der Waals surface area (Å²) in [4.78, 5) is 13.9. The smallest absolute Gasteiger partial charge is 0.381 e. The Morgan fingerprint density at radius 3 is 2.60 bits per heavy atom. The van der Waals surface area contributed by atoms with E-state index in [0.29, 0.717) is 36.3 Å². The predicted molar refractivity (Wildman–Crippen MR) is 128 cm³/mol. The van der Waals surface area contributed by atoms with E-state index in [2.05, 4.69) is 32.8 Å². The highest BCUT2D eigenvalue weighted by Gasteiger charge is 2.32. The van der Waals surface area contributed by atoms with Gasteiger partial charge in [0, 0.05) is 35.5 Å². The standard InChI is InChI=1S/C23H27ClF3N7O/c1-22(4-8-35-9-5-22)33-20-29-13-18-19(32-20)34(17-2-6-28-7-3-17)21(31-18)30-16-11-14(23(25,26)27)10-15(24)12-16/h10-13,17,28H,2-9H2,1H3,(H,30,31)(H,29,32,33). The van der Waals surface area contributed by atoms with Crippen LogP contribution >= 0.6 is 11.6 Å². The SMILES string of the molecule is CC1(Nc2ncc3nc(Nc4cc(Cl)cc(C(F)(F)F)c4)n(C4CCNCC4)c3n2)CCOCC1. The molecule has 4 heterocycles. The summed E-state index contributed by atoms with van der Waals surface area (Å²) >= 11 is 6.00. The molecule has 0 bridgehead atoms. The van der Waals surface area contributed by atoms with Crippen molar-refractivity contribution in [2.24, 2.45) is 0 Å². The molecule has 2 fully saturated rings. The molecule has 1 aromatic carbocycles. The van der Waals surface area contributed by atoms with Crippen LogP contribution in [0.4, 0.5) is 30.8 Å². The van der Waals surface area contributed by atoms with E-state index in [1.807, 2.05) is 4.57 Å². The average molecular weight is 510 g/mol. The minimum atomic E-state index is -4.51. The first-order valence-electron chi connectivity index (χ1n) is 11.7. The second-order valence-electron chi connectivity index (χ2n) is 9.34. The van der Waals surface area contributed by atoms with Crippen LogP contribution in [0.15, 0.2) is 24.4 Å². The molecule has 0 unspecified atom stereocenters. The fraction of sp³-hybridized carbons (Fsp3) is 0.522. The molecule has 12 heteroatoms. The Hall–Kier alpha value is -2.63. The van der Waals surface area contributed by atoms with E-state index in [1.54, 1.807) is 6.20 Å². The first kappa shape index (κ1) is 24.1. The minimum absolute atomic E-state index is 0.0113. The molecule has 3 aromatic rings. The molecule has 5 rings (SSSR count). The number of ether oxygens (including phenoxy) is 1. The molecule has 0 spiro atoms. The summed E-state index contributed by atoms with van der Waals surface area (Å²) < 4.78 is 47.5. The molecule has 188 valence electrons. The van der Waals surface area contributed by atoms with Crippen LogP contribution < -0.4 is 16.0 Å².